The van der Waals surface area contributed by atoms with Crippen molar-refractivity contribution in [1.29, 1.82) is 0 Å². The van der Waals surface area contributed by atoms with Crippen molar-refractivity contribution in [2.75, 3.05) is 19.8 Å². The van der Waals surface area contributed by atoms with Crippen LogP contribution < -0.4 is 0 Å². The summed E-state index contributed by atoms with van der Waals surface area (Å²) in [4.78, 5) is 11.2. The Labute approximate surface area is 131 Å². The summed E-state index contributed by atoms with van der Waals surface area (Å²) in [6, 6.07) is 7.21. The normalized spacial score (nSPS) is 13.0. The maximum Gasteiger partial charge on any atom is 0.303 e. The number of benzene rings is 1. The van der Waals surface area contributed by atoms with Crippen molar-refractivity contribution in [2.24, 2.45) is 0 Å². The van der Waals surface area contributed by atoms with Gasteiger partial charge >= 0.3 is 5.97 Å². The third-order valence-corrected chi connectivity index (χ3v) is 2.80. The van der Waals surface area contributed by atoms with Crippen LogP contribution in [0.15, 0.2) is 24.3 Å². The van der Waals surface area contributed by atoms with Crippen LogP contribution >= 0.6 is 11.6 Å². The van der Waals surface area contributed by atoms with E-state index < -0.39 is 6.10 Å². The van der Waals surface area contributed by atoms with E-state index in [9.17, 15) is 4.79 Å². The zero-order valence-corrected chi connectivity index (χ0v) is 13.8. The van der Waals surface area contributed by atoms with Gasteiger partial charge in [-0.25, -0.2) is 0 Å². The molecule has 0 aliphatic heterocycles. The first kappa shape index (κ1) is 18.0. The fourth-order valence-corrected chi connectivity index (χ4v) is 1.90. The van der Waals surface area contributed by atoms with Gasteiger partial charge in [-0.2, -0.15) is 0 Å². The van der Waals surface area contributed by atoms with Gasteiger partial charge in [-0.3, -0.25) is 4.79 Å². The Bertz CT molecular complexity index is 454. The molecule has 1 aromatic rings. The van der Waals surface area contributed by atoms with Gasteiger partial charge in [0.2, 0.25) is 0 Å². The Morgan fingerprint density at radius 1 is 1.29 bits per heavy atom. The van der Waals surface area contributed by atoms with Crippen molar-refractivity contribution in [3.63, 3.8) is 0 Å². The molecular formula is C16H23ClO4. The summed E-state index contributed by atoms with van der Waals surface area (Å²) in [5.74, 6) is -0.352. The lowest BCUT2D eigenvalue weighted by Gasteiger charge is -2.21. The number of halogens is 1. The first-order valence-corrected chi connectivity index (χ1v) is 7.30. The minimum Gasteiger partial charge on any atom is -0.455 e. The molecule has 0 aliphatic carbocycles. The standard InChI is InChI=1S/C16H23ClO4/c1-12(18)21-15(13-6-5-7-14(17)10-13)11-19-8-9-20-16(2,3)4/h5-7,10,15H,8-9,11H2,1-4H3. The number of rotatable bonds is 7. The highest BCUT2D eigenvalue weighted by molar-refractivity contribution is 6.30. The summed E-state index contributed by atoms with van der Waals surface area (Å²) in [7, 11) is 0. The molecule has 4 nitrogen and oxygen atoms in total. The van der Waals surface area contributed by atoms with Gasteiger partial charge in [0.1, 0.15) is 0 Å². The van der Waals surface area contributed by atoms with Crippen LogP contribution in [0.25, 0.3) is 0 Å². The molecule has 0 fully saturated rings. The summed E-state index contributed by atoms with van der Waals surface area (Å²) in [6.07, 6.45) is -0.462. The first-order valence-electron chi connectivity index (χ1n) is 6.92. The molecule has 0 amide bonds. The van der Waals surface area contributed by atoms with E-state index in [0.717, 1.165) is 5.56 Å². The average Bonchev–Trinajstić information content (AvgIpc) is 2.35. The Balaban J connectivity index is 2.50. The van der Waals surface area contributed by atoms with Crippen LogP contribution in [0.3, 0.4) is 0 Å². The Hall–Kier alpha value is -1.10. The second-order valence-corrected chi connectivity index (χ2v) is 6.13. The van der Waals surface area contributed by atoms with Crippen LogP contribution in [0, 0.1) is 0 Å². The topological polar surface area (TPSA) is 44.8 Å². The summed E-state index contributed by atoms with van der Waals surface area (Å²) in [6.45, 7) is 8.54. The van der Waals surface area contributed by atoms with Gasteiger partial charge in [0.05, 0.1) is 25.4 Å². The van der Waals surface area contributed by atoms with Crippen molar-refractivity contribution >= 4 is 17.6 Å². The van der Waals surface area contributed by atoms with Crippen molar-refractivity contribution < 1.29 is 19.0 Å². The number of carbonyl (C=O) groups excluding carboxylic acids is 1. The molecule has 21 heavy (non-hydrogen) atoms. The van der Waals surface area contributed by atoms with Gasteiger partial charge in [0, 0.05) is 11.9 Å². The number of ether oxygens (including phenoxy) is 3. The third-order valence-electron chi connectivity index (χ3n) is 2.56. The fourth-order valence-electron chi connectivity index (χ4n) is 1.70. The molecule has 0 aromatic heterocycles. The third kappa shape index (κ3) is 8.05. The minimum atomic E-state index is -0.462. The molecule has 118 valence electrons. The van der Waals surface area contributed by atoms with Crippen molar-refractivity contribution in [2.45, 2.75) is 39.4 Å². The fraction of sp³-hybridized carbons (Fsp3) is 0.562. The lowest BCUT2D eigenvalue weighted by Crippen LogP contribution is -2.23. The summed E-state index contributed by atoms with van der Waals surface area (Å²) < 4.78 is 16.4. The second-order valence-electron chi connectivity index (χ2n) is 5.69. The van der Waals surface area contributed by atoms with Crippen molar-refractivity contribution in [3.05, 3.63) is 34.9 Å². The second kappa shape index (κ2) is 8.37. The summed E-state index contributed by atoms with van der Waals surface area (Å²) >= 11 is 5.96. The SMILES string of the molecule is CC(=O)OC(COCCOC(C)(C)C)c1cccc(Cl)c1. The van der Waals surface area contributed by atoms with Crippen LogP contribution in [0.1, 0.15) is 39.4 Å². The van der Waals surface area contributed by atoms with Gasteiger partial charge in [-0.1, -0.05) is 23.7 Å². The van der Waals surface area contributed by atoms with E-state index in [0.29, 0.717) is 18.2 Å². The van der Waals surface area contributed by atoms with Crippen LogP contribution in [-0.2, 0) is 19.0 Å². The molecule has 0 N–H and O–H groups in total. The lowest BCUT2D eigenvalue weighted by molar-refractivity contribution is -0.150. The molecule has 0 saturated carbocycles. The van der Waals surface area contributed by atoms with Crippen LogP contribution in [0.2, 0.25) is 5.02 Å². The molecular weight excluding hydrogens is 292 g/mol. The molecule has 0 bridgehead atoms. The summed E-state index contributed by atoms with van der Waals surface area (Å²) in [5, 5.41) is 0.598. The molecule has 0 radical (unpaired) electrons. The smallest absolute Gasteiger partial charge is 0.303 e. The predicted octanol–water partition coefficient (Wildman–Crippen LogP) is 3.78. The molecule has 0 saturated heterocycles. The zero-order chi connectivity index (χ0) is 15.9. The molecule has 0 aliphatic rings. The largest absolute Gasteiger partial charge is 0.455 e. The molecule has 1 rings (SSSR count). The number of carbonyl (C=O) groups is 1. The van der Waals surface area contributed by atoms with E-state index in [-0.39, 0.29) is 18.2 Å². The number of hydrogen-bond donors (Lipinski definition) is 0. The number of hydrogen-bond acceptors (Lipinski definition) is 4. The van der Waals surface area contributed by atoms with Gasteiger partial charge in [0.25, 0.3) is 0 Å². The Kier molecular flexibility index (Phi) is 7.15. The van der Waals surface area contributed by atoms with Crippen molar-refractivity contribution in [1.82, 2.24) is 0 Å². The lowest BCUT2D eigenvalue weighted by atomic mass is 10.1. The monoisotopic (exact) mass is 314 g/mol. The van der Waals surface area contributed by atoms with Gasteiger partial charge < -0.3 is 14.2 Å². The first-order chi connectivity index (χ1) is 9.78. The highest BCUT2D eigenvalue weighted by atomic mass is 35.5. The van der Waals surface area contributed by atoms with Crippen LogP contribution in [-0.4, -0.2) is 31.4 Å². The van der Waals surface area contributed by atoms with E-state index >= 15 is 0 Å². The molecule has 0 spiro atoms. The van der Waals surface area contributed by atoms with Crippen LogP contribution in [0.5, 0.6) is 0 Å². The molecule has 0 heterocycles. The van der Waals surface area contributed by atoms with Gasteiger partial charge in [-0.05, 0) is 38.5 Å². The average molecular weight is 315 g/mol. The predicted molar refractivity (Wildman–Crippen MR) is 82.5 cm³/mol. The van der Waals surface area contributed by atoms with E-state index in [2.05, 4.69) is 0 Å². The van der Waals surface area contributed by atoms with E-state index in [1.807, 2.05) is 32.9 Å². The highest BCUT2D eigenvalue weighted by Gasteiger charge is 2.16. The highest BCUT2D eigenvalue weighted by Crippen LogP contribution is 2.21. The molecule has 1 aromatic carbocycles. The summed E-state index contributed by atoms with van der Waals surface area (Å²) in [5.41, 5.74) is 0.625. The van der Waals surface area contributed by atoms with E-state index in [4.69, 9.17) is 25.8 Å². The van der Waals surface area contributed by atoms with Gasteiger partial charge in [-0.15, -0.1) is 0 Å². The minimum absolute atomic E-state index is 0.189. The zero-order valence-electron chi connectivity index (χ0n) is 13.0. The maximum atomic E-state index is 11.2. The molecule has 5 heteroatoms. The maximum absolute atomic E-state index is 11.2. The van der Waals surface area contributed by atoms with Crippen molar-refractivity contribution in [3.8, 4) is 0 Å². The quantitative estimate of drug-likeness (QED) is 0.567. The number of esters is 1. The van der Waals surface area contributed by atoms with E-state index in [1.165, 1.54) is 6.92 Å². The molecule has 1 unspecified atom stereocenters. The molecule has 1 atom stereocenters. The van der Waals surface area contributed by atoms with E-state index in [1.54, 1.807) is 12.1 Å². The van der Waals surface area contributed by atoms with Crippen LogP contribution in [0.4, 0.5) is 0 Å². The Morgan fingerprint density at radius 2 is 2.00 bits per heavy atom. The Morgan fingerprint density at radius 3 is 2.57 bits per heavy atom. The van der Waals surface area contributed by atoms with Gasteiger partial charge in [0.15, 0.2) is 6.10 Å².